The van der Waals surface area contributed by atoms with Gasteiger partial charge in [-0.2, -0.15) is 0 Å². The second-order valence-electron chi connectivity index (χ2n) is 5.65. The molecule has 1 aromatic rings. The monoisotopic (exact) mass is 264 g/mol. The van der Waals surface area contributed by atoms with Crippen molar-refractivity contribution in [2.45, 2.75) is 31.8 Å². The van der Waals surface area contributed by atoms with Crippen molar-refractivity contribution < 1.29 is 0 Å². The highest BCUT2D eigenvalue weighted by molar-refractivity contribution is 6.31. The van der Waals surface area contributed by atoms with E-state index in [0.29, 0.717) is 12.1 Å². The summed E-state index contributed by atoms with van der Waals surface area (Å²) in [5, 5.41) is 4.67. The van der Waals surface area contributed by atoms with E-state index in [1.807, 2.05) is 12.1 Å². The van der Waals surface area contributed by atoms with Crippen LogP contribution >= 0.6 is 11.6 Å². The SMILES string of the molecule is C[C@H](NC1CCN2CCC1C2)c1ccccc1Cl. The number of hydrogen-bond acceptors (Lipinski definition) is 2. The van der Waals surface area contributed by atoms with Crippen molar-refractivity contribution in [3.63, 3.8) is 0 Å². The molecule has 2 heterocycles. The summed E-state index contributed by atoms with van der Waals surface area (Å²) in [6.45, 7) is 6.06. The zero-order valence-electron chi connectivity index (χ0n) is 10.9. The minimum atomic E-state index is 0.343. The van der Waals surface area contributed by atoms with Crippen LogP contribution in [0.25, 0.3) is 0 Å². The Hall–Kier alpha value is -0.570. The van der Waals surface area contributed by atoms with Crippen LogP contribution in [0.15, 0.2) is 24.3 Å². The smallest absolute Gasteiger partial charge is 0.0453 e. The van der Waals surface area contributed by atoms with Crippen LogP contribution in [-0.4, -0.2) is 30.6 Å². The Morgan fingerprint density at radius 1 is 1.28 bits per heavy atom. The molecule has 0 aliphatic carbocycles. The average Bonchev–Trinajstić information content (AvgIpc) is 2.76. The fourth-order valence-electron chi connectivity index (χ4n) is 3.41. The van der Waals surface area contributed by atoms with E-state index in [1.165, 1.54) is 38.0 Å². The molecule has 2 saturated heterocycles. The minimum absolute atomic E-state index is 0.343. The van der Waals surface area contributed by atoms with Crippen LogP contribution in [0.4, 0.5) is 0 Å². The Morgan fingerprint density at radius 3 is 2.89 bits per heavy atom. The summed E-state index contributed by atoms with van der Waals surface area (Å²) in [5.74, 6) is 0.837. The highest BCUT2D eigenvalue weighted by Gasteiger charge is 2.34. The van der Waals surface area contributed by atoms with Crippen LogP contribution < -0.4 is 5.32 Å². The van der Waals surface area contributed by atoms with E-state index in [0.717, 1.165) is 10.9 Å². The lowest BCUT2D eigenvalue weighted by atomic mass is 9.93. The zero-order valence-corrected chi connectivity index (χ0v) is 11.7. The standard InChI is InChI=1S/C15H21ClN2/c1-11(13-4-2-3-5-14(13)16)17-15-7-9-18-8-6-12(15)10-18/h2-5,11-12,15,17H,6-10H2,1H3/t11-,12?,15?/m0/s1. The third-order valence-corrected chi connectivity index (χ3v) is 4.81. The van der Waals surface area contributed by atoms with Gasteiger partial charge in [0.05, 0.1) is 0 Å². The molecule has 3 heteroatoms. The maximum Gasteiger partial charge on any atom is 0.0453 e. The normalized spacial score (nSPS) is 32.4. The lowest BCUT2D eigenvalue weighted by Gasteiger charge is -2.33. The number of hydrogen-bond donors (Lipinski definition) is 1. The number of fused-ring (bicyclic) bond motifs is 2. The zero-order chi connectivity index (χ0) is 12.5. The van der Waals surface area contributed by atoms with E-state index < -0.39 is 0 Å². The molecule has 0 amide bonds. The first-order valence-corrected chi connectivity index (χ1v) is 7.34. The van der Waals surface area contributed by atoms with Gasteiger partial charge in [-0.05, 0) is 50.4 Å². The highest BCUT2D eigenvalue weighted by Crippen LogP contribution is 2.30. The molecule has 1 N–H and O–H groups in total. The van der Waals surface area contributed by atoms with Crippen LogP contribution in [0.3, 0.4) is 0 Å². The second kappa shape index (κ2) is 5.20. The Kier molecular flexibility index (Phi) is 3.60. The molecule has 18 heavy (non-hydrogen) atoms. The molecule has 0 spiro atoms. The lowest BCUT2D eigenvalue weighted by molar-refractivity contribution is 0.212. The number of piperidine rings is 1. The van der Waals surface area contributed by atoms with Crippen LogP contribution in [0.5, 0.6) is 0 Å². The minimum Gasteiger partial charge on any atom is -0.307 e. The van der Waals surface area contributed by atoms with Gasteiger partial charge in [-0.1, -0.05) is 29.8 Å². The van der Waals surface area contributed by atoms with Gasteiger partial charge in [0.25, 0.3) is 0 Å². The second-order valence-corrected chi connectivity index (χ2v) is 6.06. The maximum absolute atomic E-state index is 6.27. The van der Waals surface area contributed by atoms with Gasteiger partial charge in [0.15, 0.2) is 0 Å². The summed E-state index contributed by atoms with van der Waals surface area (Å²) in [6, 6.07) is 9.17. The van der Waals surface area contributed by atoms with Gasteiger partial charge in [-0.25, -0.2) is 0 Å². The first-order valence-electron chi connectivity index (χ1n) is 6.97. The number of halogens is 1. The first kappa shape index (κ1) is 12.5. The topological polar surface area (TPSA) is 15.3 Å². The van der Waals surface area contributed by atoms with E-state index in [-0.39, 0.29) is 0 Å². The molecule has 2 fully saturated rings. The van der Waals surface area contributed by atoms with Crippen molar-refractivity contribution in [3.8, 4) is 0 Å². The molecule has 0 aromatic heterocycles. The molecule has 4 atom stereocenters. The lowest BCUT2D eigenvalue weighted by Crippen LogP contribution is -2.44. The largest absolute Gasteiger partial charge is 0.307 e. The molecular formula is C15H21ClN2. The average molecular weight is 265 g/mol. The van der Waals surface area contributed by atoms with E-state index in [2.05, 4.69) is 29.3 Å². The first-order chi connectivity index (χ1) is 8.74. The quantitative estimate of drug-likeness (QED) is 0.903. The molecular weight excluding hydrogens is 244 g/mol. The van der Waals surface area contributed by atoms with Gasteiger partial charge in [-0.15, -0.1) is 0 Å². The van der Waals surface area contributed by atoms with Gasteiger partial charge in [0.2, 0.25) is 0 Å². The number of rotatable bonds is 3. The molecule has 98 valence electrons. The molecule has 2 aliphatic rings. The summed E-state index contributed by atoms with van der Waals surface area (Å²) in [7, 11) is 0. The Labute approximate surface area is 114 Å². The van der Waals surface area contributed by atoms with Crippen molar-refractivity contribution in [2.24, 2.45) is 5.92 Å². The maximum atomic E-state index is 6.27. The van der Waals surface area contributed by atoms with Crippen molar-refractivity contribution in [3.05, 3.63) is 34.9 Å². The van der Waals surface area contributed by atoms with Gasteiger partial charge >= 0.3 is 0 Å². The van der Waals surface area contributed by atoms with Crippen LogP contribution in [0.2, 0.25) is 5.02 Å². The van der Waals surface area contributed by atoms with Crippen molar-refractivity contribution in [2.75, 3.05) is 19.6 Å². The van der Waals surface area contributed by atoms with E-state index >= 15 is 0 Å². The predicted molar refractivity (Wildman–Crippen MR) is 76.0 cm³/mol. The van der Waals surface area contributed by atoms with E-state index in [1.54, 1.807) is 0 Å². The van der Waals surface area contributed by atoms with Crippen LogP contribution in [0, 0.1) is 5.92 Å². The summed E-state index contributed by atoms with van der Waals surface area (Å²) >= 11 is 6.27. The van der Waals surface area contributed by atoms with Crippen molar-refractivity contribution in [1.29, 1.82) is 0 Å². The van der Waals surface area contributed by atoms with E-state index in [9.17, 15) is 0 Å². The third-order valence-electron chi connectivity index (χ3n) is 4.47. The molecule has 0 saturated carbocycles. The molecule has 3 unspecified atom stereocenters. The number of benzene rings is 1. The van der Waals surface area contributed by atoms with Gasteiger partial charge in [-0.3, -0.25) is 0 Å². The fourth-order valence-corrected chi connectivity index (χ4v) is 3.71. The Morgan fingerprint density at radius 2 is 2.06 bits per heavy atom. The summed E-state index contributed by atoms with van der Waals surface area (Å²) in [5.41, 5.74) is 1.22. The van der Waals surface area contributed by atoms with Crippen LogP contribution in [-0.2, 0) is 0 Å². The van der Waals surface area contributed by atoms with Crippen molar-refractivity contribution >= 4 is 11.6 Å². The molecule has 2 nitrogen and oxygen atoms in total. The summed E-state index contributed by atoms with van der Waals surface area (Å²) in [4.78, 5) is 2.59. The third kappa shape index (κ3) is 2.42. The summed E-state index contributed by atoms with van der Waals surface area (Å²) < 4.78 is 0. The molecule has 2 aliphatic heterocycles. The molecule has 1 aromatic carbocycles. The Bertz CT molecular complexity index is 421. The highest BCUT2D eigenvalue weighted by atomic mass is 35.5. The summed E-state index contributed by atoms with van der Waals surface area (Å²) in [6.07, 6.45) is 2.63. The van der Waals surface area contributed by atoms with E-state index in [4.69, 9.17) is 11.6 Å². The number of nitrogens with zero attached hydrogens (tertiary/aromatic N) is 1. The fraction of sp³-hybridized carbons (Fsp3) is 0.600. The predicted octanol–water partition coefficient (Wildman–Crippen LogP) is 3.08. The number of nitrogens with one attached hydrogen (secondary N) is 1. The van der Waals surface area contributed by atoms with Crippen molar-refractivity contribution in [1.82, 2.24) is 10.2 Å². The van der Waals surface area contributed by atoms with Gasteiger partial charge < -0.3 is 10.2 Å². The van der Waals surface area contributed by atoms with Gasteiger partial charge in [0, 0.05) is 23.7 Å². The molecule has 2 bridgehead atoms. The van der Waals surface area contributed by atoms with Crippen LogP contribution in [0.1, 0.15) is 31.4 Å². The van der Waals surface area contributed by atoms with Gasteiger partial charge in [0.1, 0.15) is 0 Å². The Balaban J connectivity index is 1.67. The molecule has 3 rings (SSSR count). The molecule has 0 radical (unpaired) electrons.